The fourth-order valence-electron chi connectivity index (χ4n) is 1.47. The van der Waals surface area contributed by atoms with E-state index in [0.717, 1.165) is 0 Å². The lowest BCUT2D eigenvalue weighted by molar-refractivity contribution is 0.368. The molecule has 0 aliphatic heterocycles. The Kier molecular flexibility index (Phi) is 6.90. The van der Waals surface area contributed by atoms with Crippen LogP contribution >= 0.6 is 0 Å². The second-order valence-electron chi connectivity index (χ2n) is 3.78. The van der Waals surface area contributed by atoms with E-state index in [4.69, 9.17) is 0 Å². The van der Waals surface area contributed by atoms with Crippen LogP contribution in [0.2, 0.25) is 0 Å². The molecule has 6 heteroatoms. The Morgan fingerprint density at radius 3 is 1.38 bits per heavy atom. The van der Waals surface area contributed by atoms with Crippen LogP contribution in [0.4, 0.5) is 17.3 Å². The minimum atomic E-state index is -6.00. The molecule has 0 heterocycles. The predicted octanol–water partition coefficient (Wildman–Crippen LogP) is 5.00. The molecule has 0 radical (unpaired) electrons. The van der Waals surface area contributed by atoms with Crippen molar-refractivity contribution in [3.63, 3.8) is 0 Å². The summed E-state index contributed by atoms with van der Waals surface area (Å²) in [5, 5.41) is 3.29. The van der Waals surface area contributed by atoms with Crippen LogP contribution in [0.3, 0.4) is 0 Å². The minimum absolute atomic E-state index is 0.112. The van der Waals surface area contributed by atoms with Gasteiger partial charge in [-0.15, -0.1) is 0 Å². The van der Waals surface area contributed by atoms with E-state index in [9.17, 15) is 17.3 Å². The van der Waals surface area contributed by atoms with Gasteiger partial charge >= 0.3 is 7.25 Å². The summed E-state index contributed by atoms with van der Waals surface area (Å²) >= 11 is 0. The Bertz CT molecular complexity index is 542. The first-order chi connectivity index (χ1) is 9.92. The Morgan fingerprint density at radius 2 is 1.10 bits per heavy atom. The number of hydrogen-bond donors (Lipinski definition) is 0. The lowest BCUT2D eigenvalue weighted by Gasteiger charge is -1.99. The molecule has 0 nitrogen and oxygen atoms in total. The van der Waals surface area contributed by atoms with Gasteiger partial charge in [0.1, 0.15) is 10.9 Å². The minimum Gasteiger partial charge on any atom is -0.418 e. The SMILES string of the molecule is CC#C[S+](c1ccccc1)c1ccccc1.F[B-](F)(F)F. The molecule has 2 aromatic rings. The lowest BCUT2D eigenvalue weighted by atomic mass is 10.3. The van der Waals surface area contributed by atoms with Crippen LogP contribution in [-0.4, -0.2) is 7.25 Å². The number of halogens is 4. The fourth-order valence-corrected chi connectivity index (χ4v) is 3.04. The van der Waals surface area contributed by atoms with Gasteiger partial charge in [-0.1, -0.05) is 36.4 Å². The van der Waals surface area contributed by atoms with Crippen molar-refractivity contribution < 1.29 is 17.3 Å². The maximum Gasteiger partial charge on any atom is 0.673 e. The van der Waals surface area contributed by atoms with E-state index in [1.807, 2.05) is 19.1 Å². The van der Waals surface area contributed by atoms with E-state index >= 15 is 0 Å². The highest BCUT2D eigenvalue weighted by Crippen LogP contribution is 2.22. The van der Waals surface area contributed by atoms with E-state index < -0.39 is 7.25 Å². The smallest absolute Gasteiger partial charge is 0.418 e. The maximum absolute atomic E-state index is 9.75. The lowest BCUT2D eigenvalue weighted by Crippen LogP contribution is -2.02. The summed E-state index contributed by atoms with van der Waals surface area (Å²) in [6, 6.07) is 20.9. The van der Waals surface area contributed by atoms with Gasteiger partial charge in [-0.05, 0) is 30.2 Å². The molecule has 0 N–H and O–H groups in total. The molecule has 0 bridgehead atoms. The van der Waals surface area contributed by atoms with Gasteiger partial charge in [0.25, 0.3) is 0 Å². The average Bonchev–Trinajstić information content (AvgIpc) is 2.45. The first-order valence-corrected chi connectivity index (χ1v) is 7.28. The molecule has 2 rings (SSSR count). The molecule has 0 aliphatic carbocycles. The van der Waals surface area contributed by atoms with Crippen LogP contribution in [0, 0.1) is 11.2 Å². The summed E-state index contributed by atoms with van der Waals surface area (Å²) in [4.78, 5) is 2.56. The maximum atomic E-state index is 9.75. The molecule has 0 aliphatic rings. The van der Waals surface area contributed by atoms with Crippen LogP contribution in [-0.2, 0) is 10.9 Å². The van der Waals surface area contributed by atoms with Gasteiger partial charge in [-0.3, -0.25) is 0 Å². The van der Waals surface area contributed by atoms with Crippen LogP contribution in [0.5, 0.6) is 0 Å². The highest BCUT2D eigenvalue weighted by Gasteiger charge is 2.22. The van der Waals surface area contributed by atoms with Gasteiger partial charge < -0.3 is 17.3 Å². The summed E-state index contributed by atoms with van der Waals surface area (Å²) in [7, 11) is -6.11. The molecule has 0 saturated heterocycles. The average molecular weight is 312 g/mol. The van der Waals surface area contributed by atoms with Crippen LogP contribution in [0.15, 0.2) is 70.5 Å². The van der Waals surface area contributed by atoms with E-state index in [-0.39, 0.29) is 10.9 Å². The van der Waals surface area contributed by atoms with Crippen LogP contribution in [0.25, 0.3) is 0 Å². The summed E-state index contributed by atoms with van der Waals surface area (Å²) < 4.78 is 39.0. The van der Waals surface area contributed by atoms with Gasteiger partial charge in [-0.25, -0.2) is 0 Å². The number of benzene rings is 2. The highest BCUT2D eigenvalue weighted by atomic mass is 32.2. The third-order valence-corrected chi connectivity index (χ3v) is 4.06. The van der Waals surface area contributed by atoms with Crippen molar-refractivity contribution in [3.8, 4) is 11.2 Å². The Labute approximate surface area is 124 Å². The zero-order valence-corrected chi connectivity index (χ0v) is 12.1. The molecular formula is C15H13BF4S. The molecule has 0 spiro atoms. The van der Waals surface area contributed by atoms with Crippen molar-refractivity contribution in [3.05, 3.63) is 60.7 Å². The highest BCUT2D eigenvalue weighted by molar-refractivity contribution is 8.01. The third kappa shape index (κ3) is 7.47. The monoisotopic (exact) mass is 312 g/mol. The second-order valence-corrected chi connectivity index (χ2v) is 5.54. The first-order valence-electron chi connectivity index (χ1n) is 6.06. The van der Waals surface area contributed by atoms with Gasteiger partial charge in [0, 0.05) is 6.92 Å². The van der Waals surface area contributed by atoms with E-state index in [0.29, 0.717) is 0 Å². The third-order valence-electron chi connectivity index (χ3n) is 2.16. The van der Waals surface area contributed by atoms with E-state index in [1.54, 1.807) is 0 Å². The predicted molar refractivity (Wildman–Crippen MR) is 80.4 cm³/mol. The van der Waals surface area contributed by atoms with Gasteiger partial charge in [-0.2, -0.15) is 0 Å². The molecule has 0 amide bonds. The Morgan fingerprint density at radius 1 is 0.762 bits per heavy atom. The molecule has 0 unspecified atom stereocenters. The van der Waals surface area contributed by atoms with Crippen LogP contribution in [0.1, 0.15) is 6.92 Å². The summed E-state index contributed by atoms with van der Waals surface area (Å²) in [6.45, 7) is 1.89. The molecule has 0 aromatic heterocycles. The van der Waals surface area contributed by atoms with Crippen molar-refractivity contribution in [2.45, 2.75) is 16.7 Å². The molecular weight excluding hydrogens is 299 g/mol. The van der Waals surface area contributed by atoms with Crippen molar-refractivity contribution in [1.29, 1.82) is 0 Å². The molecule has 0 saturated carbocycles. The largest absolute Gasteiger partial charge is 0.673 e. The van der Waals surface area contributed by atoms with Crippen molar-refractivity contribution in [1.82, 2.24) is 0 Å². The fraction of sp³-hybridized carbons (Fsp3) is 0.0667. The standard InChI is InChI=1S/C15H13S.BF4/c1-2-13-16(14-9-5-3-6-10-14)15-11-7-4-8-12-15;2-1(3,4)5/h3-12H,1H3;/q+1;-1. The normalized spacial score (nSPS) is 10.2. The van der Waals surface area contributed by atoms with Crippen molar-refractivity contribution in [2.75, 3.05) is 0 Å². The van der Waals surface area contributed by atoms with Gasteiger partial charge in [0.2, 0.25) is 0 Å². The topological polar surface area (TPSA) is 0 Å². The molecule has 21 heavy (non-hydrogen) atoms. The second kappa shape index (κ2) is 8.43. The van der Waals surface area contributed by atoms with Crippen LogP contribution < -0.4 is 0 Å². The van der Waals surface area contributed by atoms with Crippen molar-refractivity contribution >= 4 is 18.1 Å². The van der Waals surface area contributed by atoms with Gasteiger partial charge in [0.15, 0.2) is 15.0 Å². The zero-order chi connectivity index (χ0) is 15.7. The Hall–Kier alpha value is -1.87. The van der Waals surface area contributed by atoms with E-state index in [2.05, 4.69) is 59.7 Å². The summed E-state index contributed by atoms with van der Waals surface area (Å²) in [6.07, 6.45) is 0. The summed E-state index contributed by atoms with van der Waals surface area (Å²) in [5.74, 6) is 3.03. The number of rotatable bonds is 2. The zero-order valence-electron chi connectivity index (χ0n) is 11.3. The molecule has 110 valence electrons. The first kappa shape index (κ1) is 17.2. The quantitative estimate of drug-likeness (QED) is 0.317. The summed E-state index contributed by atoms with van der Waals surface area (Å²) in [5.41, 5.74) is 0. The van der Waals surface area contributed by atoms with Gasteiger partial charge in [0.05, 0.1) is 0 Å². The number of hydrogen-bond acceptors (Lipinski definition) is 0. The molecule has 0 atom stereocenters. The Balaban J connectivity index is 0.000000383. The van der Waals surface area contributed by atoms with Crippen molar-refractivity contribution in [2.24, 2.45) is 0 Å². The molecule has 2 aromatic carbocycles. The molecule has 0 fully saturated rings. The van der Waals surface area contributed by atoms with E-state index in [1.165, 1.54) is 9.79 Å².